The number of rotatable bonds is 5. The van der Waals surface area contributed by atoms with Gasteiger partial charge in [-0.1, -0.05) is 41.0 Å². The molecular weight excluding hydrogens is 392 g/mol. The van der Waals surface area contributed by atoms with Crippen molar-refractivity contribution in [1.82, 2.24) is 0 Å². The van der Waals surface area contributed by atoms with Gasteiger partial charge in [0.15, 0.2) is 22.8 Å². The molecule has 0 unspecified atom stereocenters. The van der Waals surface area contributed by atoms with Crippen molar-refractivity contribution in [2.75, 3.05) is 7.11 Å². The van der Waals surface area contributed by atoms with E-state index in [1.165, 1.54) is 19.3 Å². The Morgan fingerprint density at radius 1 is 1.06 bits per heavy atom. The molecule has 0 fully saturated rings. The smallest absolute Gasteiger partial charge is 0.187 e. The largest absolute Gasteiger partial charge is 0.496 e. The van der Waals surface area contributed by atoms with Crippen LogP contribution in [0.4, 0.5) is 0 Å². The van der Waals surface area contributed by atoms with Gasteiger partial charge in [0.1, 0.15) is 11.9 Å². The van der Waals surface area contributed by atoms with Gasteiger partial charge in [0.05, 0.1) is 12.5 Å². The summed E-state index contributed by atoms with van der Waals surface area (Å²) < 4.78 is 5.34. The third-order valence-electron chi connectivity index (χ3n) is 6.57. The zero-order valence-corrected chi connectivity index (χ0v) is 19.0. The molecule has 1 N–H and O–H groups in total. The average molecular weight is 423 g/mol. The Hall–Kier alpha value is -2.79. The standard InChI is InChI=1S/C26H30O5/c1-15(2)10-12-25(13-11-16(3)4)17(5)14-20(27)26(24(25)30)22(28)18-8-7-9-19(31-6)21(18)23(26)29/h7-11,14,23,29H,12-13H2,1-6H3/t23-,26+/m0/s1. The van der Waals surface area contributed by atoms with Gasteiger partial charge < -0.3 is 9.84 Å². The molecule has 0 heterocycles. The second kappa shape index (κ2) is 8.04. The van der Waals surface area contributed by atoms with Crippen molar-refractivity contribution >= 4 is 17.3 Å². The van der Waals surface area contributed by atoms with E-state index in [2.05, 4.69) is 0 Å². The minimum atomic E-state index is -2.18. The summed E-state index contributed by atoms with van der Waals surface area (Å²) in [5.41, 5.74) is -0.206. The Morgan fingerprint density at radius 2 is 1.65 bits per heavy atom. The zero-order chi connectivity index (χ0) is 23.1. The van der Waals surface area contributed by atoms with Crippen LogP contribution in [0, 0.1) is 10.8 Å². The minimum Gasteiger partial charge on any atom is -0.496 e. The van der Waals surface area contributed by atoms with Crippen LogP contribution in [0.25, 0.3) is 0 Å². The monoisotopic (exact) mass is 422 g/mol. The third kappa shape index (κ3) is 3.23. The molecule has 5 nitrogen and oxygen atoms in total. The van der Waals surface area contributed by atoms with Crippen LogP contribution in [0.5, 0.6) is 5.75 Å². The molecule has 1 aromatic rings. The molecule has 1 spiro atoms. The molecule has 0 amide bonds. The fourth-order valence-corrected chi connectivity index (χ4v) is 4.69. The van der Waals surface area contributed by atoms with Crippen molar-refractivity contribution in [3.05, 3.63) is 64.3 Å². The van der Waals surface area contributed by atoms with Crippen molar-refractivity contribution in [2.24, 2.45) is 10.8 Å². The molecule has 0 bridgehead atoms. The summed E-state index contributed by atoms with van der Waals surface area (Å²) >= 11 is 0. The number of ketones is 3. The van der Waals surface area contributed by atoms with E-state index in [9.17, 15) is 19.5 Å². The van der Waals surface area contributed by atoms with Crippen LogP contribution in [0.15, 0.2) is 53.1 Å². The topological polar surface area (TPSA) is 80.7 Å². The summed E-state index contributed by atoms with van der Waals surface area (Å²) in [6.45, 7) is 9.53. The Kier molecular flexibility index (Phi) is 5.94. The molecule has 1 aromatic carbocycles. The summed E-state index contributed by atoms with van der Waals surface area (Å²) in [6.07, 6.45) is 4.41. The first-order valence-corrected chi connectivity index (χ1v) is 10.5. The van der Waals surface area contributed by atoms with E-state index in [0.717, 1.165) is 11.1 Å². The number of aliphatic hydroxyl groups is 1. The number of carbonyl (C=O) groups is 3. The van der Waals surface area contributed by atoms with Gasteiger partial charge in [-0.25, -0.2) is 0 Å². The first kappa shape index (κ1) is 22.9. The van der Waals surface area contributed by atoms with E-state index < -0.39 is 34.3 Å². The third-order valence-corrected chi connectivity index (χ3v) is 6.57. The first-order valence-electron chi connectivity index (χ1n) is 10.5. The van der Waals surface area contributed by atoms with Crippen LogP contribution in [0.3, 0.4) is 0 Å². The lowest BCUT2D eigenvalue weighted by Crippen LogP contribution is -2.56. The highest BCUT2D eigenvalue weighted by molar-refractivity contribution is 6.36. The van der Waals surface area contributed by atoms with Crippen molar-refractivity contribution in [2.45, 2.75) is 53.6 Å². The van der Waals surface area contributed by atoms with Crippen molar-refractivity contribution < 1.29 is 24.2 Å². The van der Waals surface area contributed by atoms with Crippen LogP contribution in [0.1, 0.15) is 69.5 Å². The van der Waals surface area contributed by atoms with E-state index in [4.69, 9.17) is 4.74 Å². The highest BCUT2D eigenvalue weighted by Gasteiger charge is 2.68. The summed E-state index contributed by atoms with van der Waals surface area (Å²) in [7, 11) is 1.43. The Bertz CT molecular complexity index is 1030. The number of methoxy groups -OCH3 is 1. The Balaban J connectivity index is 2.29. The average Bonchev–Trinajstić information content (AvgIpc) is 2.94. The van der Waals surface area contributed by atoms with E-state index in [1.54, 1.807) is 19.1 Å². The van der Waals surface area contributed by atoms with Gasteiger partial charge in [-0.15, -0.1) is 0 Å². The van der Waals surface area contributed by atoms with E-state index in [1.807, 2.05) is 39.8 Å². The number of hydrogen-bond acceptors (Lipinski definition) is 5. The maximum atomic E-state index is 14.3. The van der Waals surface area contributed by atoms with Gasteiger partial charge in [0.2, 0.25) is 0 Å². The number of Topliss-reactive ketones (excluding diaryl/α,β-unsaturated/α-hetero) is 2. The first-order chi connectivity index (χ1) is 14.5. The van der Waals surface area contributed by atoms with Crippen LogP contribution < -0.4 is 4.74 Å². The van der Waals surface area contributed by atoms with E-state index in [0.29, 0.717) is 24.2 Å². The van der Waals surface area contributed by atoms with Gasteiger partial charge in [-0.2, -0.15) is 0 Å². The Labute approximate surface area is 183 Å². The number of aliphatic hydroxyl groups excluding tert-OH is 1. The minimum absolute atomic E-state index is 0.167. The molecule has 0 saturated heterocycles. The molecule has 31 heavy (non-hydrogen) atoms. The van der Waals surface area contributed by atoms with E-state index in [-0.39, 0.29) is 11.1 Å². The molecule has 0 aliphatic heterocycles. The number of carbonyl (C=O) groups excluding carboxylic acids is 3. The summed E-state index contributed by atoms with van der Waals surface area (Å²) in [5, 5.41) is 11.4. The predicted molar refractivity (Wildman–Crippen MR) is 119 cm³/mol. The quantitative estimate of drug-likeness (QED) is 0.549. The molecule has 3 rings (SSSR count). The van der Waals surface area contributed by atoms with Crippen LogP contribution >= 0.6 is 0 Å². The SMILES string of the molecule is COc1cccc2c1[C@H](O)[C@@]1(C(=O)C=C(C)C(CC=C(C)C)(CC=C(C)C)C1=O)C2=O. The van der Waals surface area contributed by atoms with Crippen LogP contribution in [-0.4, -0.2) is 29.6 Å². The van der Waals surface area contributed by atoms with Crippen molar-refractivity contribution in [3.8, 4) is 5.75 Å². The molecule has 2 atom stereocenters. The van der Waals surface area contributed by atoms with Gasteiger partial charge >= 0.3 is 0 Å². The lowest BCUT2D eigenvalue weighted by molar-refractivity contribution is -0.148. The number of allylic oxidation sites excluding steroid dienone is 6. The lowest BCUT2D eigenvalue weighted by Gasteiger charge is -2.43. The van der Waals surface area contributed by atoms with Crippen LogP contribution in [-0.2, 0) is 9.59 Å². The lowest BCUT2D eigenvalue weighted by atomic mass is 9.55. The molecule has 2 aliphatic rings. The highest BCUT2D eigenvalue weighted by atomic mass is 16.5. The van der Waals surface area contributed by atoms with Gasteiger partial charge in [0, 0.05) is 11.1 Å². The number of hydrogen-bond donors (Lipinski definition) is 1. The normalized spacial score (nSPS) is 24.0. The molecule has 0 radical (unpaired) electrons. The molecule has 164 valence electrons. The number of benzene rings is 1. The van der Waals surface area contributed by atoms with Gasteiger partial charge in [0.25, 0.3) is 0 Å². The molecule has 5 heteroatoms. The fraction of sp³-hybridized carbons (Fsp3) is 0.423. The van der Waals surface area contributed by atoms with Gasteiger partial charge in [-0.3, -0.25) is 14.4 Å². The maximum absolute atomic E-state index is 14.3. The van der Waals surface area contributed by atoms with Crippen LogP contribution in [0.2, 0.25) is 0 Å². The van der Waals surface area contributed by atoms with Crippen molar-refractivity contribution in [3.63, 3.8) is 0 Å². The highest BCUT2D eigenvalue weighted by Crippen LogP contribution is 2.58. The Morgan fingerprint density at radius 3 is 2.16 bits per heavy atom. The second-order valence-corrected chi connectivity index (χ2v) is 9.04. The van der Waals surface area contributed by atoms with E-state index >= 15 is 0 Å². The van der Waals surface area contributed by atoms with Crippen molar-refractivity contribution in [1.29, 1.82) is 0 Å². The molecule has 0 saturated carbocycles. The molecule has 2 aliphatic carbocycles. The molecular formula is C26H30O5. The van der Waals surface area contributed by atoms with Gasteiger partial charge in [-0.05, 0) is 59.6 Å². The number of ether oxygens (including phenoxy) is 1. The molecule has 0 aromatic heterocycles. The number of fused-ring (bicyclic) bond motifs is 1. The summed E-state index contributed by atoms with van der Waals surface area (Å²) in [6, 6.07) is 4.78. The fourth-order valence-electron chi connectivity index (χ4n) is 4.69. The maximum Gasteiger partial charge on any atom is 0.187 e. The predicted octanol–water partition coefficient (Wildman–Crippen LogP) is 4.71. The summed E-state index contributed by atoms with van der Waals surface area (Å²) in [5.74, 6) is -1.54. The summed E-state index contributed by atoms with van der Waals surface area (Å²) in [4.78, 5) is 41.2. The zero-order valence-electron chi connectivity index (χ0n) is 19.0. The second-order valence-electron chi connectivity index (χ2n) is 9.04.